The Hall–Kier alpha value is -1.43. The highest BCUT2D eigenvalue weighted by atomic mass is 16.5. The van der Waals surface area contributed by atoms with Gasteiger partial charge in [-0.2, -0.15) is 0 Å². The summed E-state index contributed by atoms with van der Waals surface area (Å²) in [6, 6.07) is 9.24. The zero-order valence-electron chi connectivity index (χ0n) is 10.7. The summed E-state index contributed by atoms with van der Waals surface area (Å²) in [4.78, 5) is 12.1. The molecule has 1 aromatic rings. The second kappa shape index (κ2) is 5.95. The maximum Gasteiger partial charge on any atom is 0.251 e. The third-order valence-corrected chi connectivity index (χ3v) is 3.24. The largest absolute Gasteiger partial charge is 0.378 e. The van der Waals surface area contributed by atoms with E-state index in [9.17, 15) is 4.79 Å². The number of nitrogens with zero attached hydrogens (tertiary/aromatic N) is 1. The number of amides is 1. The molecule has 0 spiro atoms. The molecule has 1 fully saturated rings. The Morgan fingerprint density at radius 2 is 2.06 bits per heavy atom. The van der Waals surface area contributed by atoms with E-state index < -0.39 is 0 Å². The summed E-state index contributed by atoms with van der Waals surface area (Å²) in [5.41, 5.74) is 3.75. The van der Waals surface area contributed by atoms with Crippen molar-refractivity contribution >= 4 is 5.91 Å². The van der Waals surface area contributed by atoms with Crippen LogP contribution >= 0.6 is 0 Å². The van der Waals surface area contributed by atoms with Crippen LogP contribution < -0.4 is 10.7 Å². The smallest absolute Gasteiger partial charge is 0.251 e. The lowest BCUT2D eigenvalue weighted by Crippen LogP contribution is -2.44. The van der Waals surface area contributed by atoms with Crippen LogP contribution in [0.2, 0.25) is 0 Å². The van der Waals surface area contributed by atoms with Crippen molar-refractivity contribution in [1.29, 1.82) is 0 Å². The number of rotatable bonds is 4. The monoisotopic (exact) mass is 249 g/mol. The summed E-state index contributed by atoms with van der Waals surface area (Å²) in [5.74, 6) is -0.0550. The quantitative estimate of drug-likeness (QED) is 0.803. The van der Waals surface area contributed by atoms with Crippen molar-refractivity contribution in [3.05, 3.63) is 35.9 Å². The Morgan fingerprint density at radius 3 is 2.67 bits per heavy atom. The van der Waals surface area contributed by atoms with Gasteiger partial charge in [0, 0.05) is 25.8 Å². The molecule has 1 heterocycles. The van der Waals surface area contributed by atoms with E-state index in [1.165, 1.54) is 0 Å². The van der Waals surface area contributed by atoms with Crippen molar-refractivity contribution in [1.82, 2.24) is 15.8 Å². The highest BCUT2D eigenvalue weighted by Crippen LogP contribution is 2.11. The van der Waals surface area contributed by atoms with E-state index in [-0.39, 0.29) is 18.1 Å². The van der Waals surface area contributed by atoms with Gasteiger partial charge in [0.2, 0.25) is 0 Å². The summed E-state index contributed by atoms with van der Waals surface area (Å²) in [6.07, 6.45) is 0.0186. The molecule has 0 bridgehead atoms. The summed E-state index contributed by atoms with van der Waals surface area (Å²) in [6.45, 7) is 1.51. The van der Waals surface area contributed by atoms with Crippen molar-refractivity contribution in [3.8, 4) is 0 Å². The van der Waals surface area contributed by atoms with E-state index in [1.807, 2.05) is 42.4 Å². The lowest BCUT2D eigenvalue weighted by molar-refractivity contribution is 0.0748. The maximum absolute atomic E-state index is 12.1. The van der Waals surface area contributed by atoms with Gasteiger partial charge in [0.15, 0.2) is 0 Å². The molecule has 2 N–H and O–H groups in total. The number of benzene rings is 1. The van der Waals surface area contributed by atoms with Crippen molar-refractivity contribution in [2.45, 2.75) is 12.1 Å². The van der Waals surface area contributed by atoms with Crippen LogP contribution in [0.3, 0.4) is 0 Å². The molecule has 18 heavy (non-hydrogen) atoms. The number of hydrazine groups is 1. The molecule has 0 aliphatic carbocycles. The van der Waals surface area contributed by atoms with E-state index in [4.69, 9.17) is 4.74 Å². The molecule has 2 rings (SSSR count). The highest BCUT2D eigenvalue weighted by molar-refractivity contribution is 5.94. The molecule has 0 aromatic heterocycles. The third kappa shape index (κ3) is 2.87. The van der Waals surface area contributed by atoms with Crippen molar-refractivity contribution in [3.63, 3.8) is 0 Å². The molecule has 2 atom stereocenters. The number of carbonyl (C=O) groups is 1. The van der Waals surface area contributed by atoms with Gasteiger partial charge < -0.3 is 10.1 Å². The number of hydrogen-bond acceptors (Lipinski definition) is 4. The minimum absolute atomic E-state index is 0.00940. The molecule has 98 valence electrons. The first-order valence-electron chi connectivity index (χ1n) is 6.05. The van der Waals surface area contributed by atoms with E-state index in [1.54, 1.807) is 7.11 Å². The SMILES string of the molecule is CNN1CC(NC(=O)c2ccccc2)C(OC)C1. The number of ether oxygens (including phenoxy) is 1. The Bertz CT molecular complexity index is 396. The van der Waals surface area contributed by atoms with Gasteiger partial charge >= 0.3 is 0 Å². The van der Waals surface area contributed by atoms with Crippen LogP contribution in [-0.4, -0.2) is 50.3 Å². The zero-order chi connectivity index (χ0) is 13.0. The topological polar surface area (TPSA) is 53.6 Å². The predicted octanol–water partition coefficient (Wildman–Crippen LogP) is 0.250. The fourth-order valence-electron chi connectivity index (χ4n) is 2.18. The lowest BCUT2D eigenvalue weighted by Gasteiger charge is -2.18. The summed E-state index contributed by atoms with van der Waals surface area (Å²) < 4.78 is 5.40. The van der Waals surface area contributed by atoms with Gasteiger partial charge in [-0.3, -0.25) is 10.2 Å². The minimum Gasteiger partial charge on any atom is -0.378 e. The first-order chi connectivity index (χ1) is 8.74. The maximum atomic E-state index is 12.1. The minimum atomic E-state index is -0.0550. The molecule has 1 aliphatic heterocycles. The Labute approximate surface area is 107 Å². The average molecular weight is 249 g/mol. The molecule has 5 heteroatoms. The Balaban J connectivity index is 1.98. The third-order valence-electron chi connectivity index (χ3n) is 3.24. The molecule has 2 unspecified atom stereocenters. The van der Waals surface area contributed by atoms with Gasteiger partial charge in [0.25, 0.3) is 5.91 Å². The molecule has 1 amide bonds. The van der Waals surface area contributed by atoms with Crippen LogP contribution in [0.4, 0.5) is 0 Å². The van der Waals surface area contributed by atoms with E-state index in [0.29, 0.717) is 5.56 Å². The fourth-order valence-corrected chi connectivity index (χ4v) is 2.18. The normalized spacial score (nSPS) is 24.1. The van der Waals surface area contributed by atoms with Crippen LogP contribution in [0.25, 0.3) is 0 Å². The number of carbonyl (C=O) groups excluding carboxylic acids is 1. The summed E-state index contributed by atoms with van der Waals surface area (Å²) in [7, 11) is 3.54. The van der Waals surface area contributed by atoms with Crippen LogP contribution in [0.5, 0.6) is 0 Å². The predicted molar refractivity (Wildman–Crippen MR) is 69.1 cm³/mol. The van der Waals surface area contributed by atoms with Crippen molar-refractivity contribution in [2.75, 3.05) is 27.2 Å². The second-order valence-electron chi connectivity index (χ2n) is 4.35. The molecule has 1 aliphatic rings. The van der Waals surface area contributed by atoms with Gasteiger partial charge in [-0.15, -0.1) is 0 Å². The van der Waals surface area contributed by atoms with Crippen molar-refractivity contribution in [2.24, 2.45) is 0 Å². The average Bonchev–Trinajstić information content (AvgIpc) is 2.82. The molecule has 0 radical (unpaired) electrons. The molecule has 5 nitrogen and oxygen atoms in total. The molecular formula is C13H19N3O2. The fraction of sp³-hybridized carbons (Fsp3) is 0.462. The van der Waals surface area contributed by atoms with Crippen LogP contribution in [0, 0.1) is 0 Å². The van der Waals surface area contributed by atoms with Crippen LogP contribution in [0.1, 0.15) is 10.4 Å². The van der Waals surface area contributed by atoms with Gasteiger partial charge in [-0.05, 0) is 19.2 Å². The van der Waals surface area contributed by atoms with E-state index in [2.05, 4.69) is 10.7 Å². The highest BCUT2D eigenvalue weighted by Gasteiger charge is 2.33. The summed E-state index contributed by atoms with van der Waals surface area (Å²) >= 11 is 0. The van der Waals surface area contributed by atoms with Gasteiger partial charge in [-0.25, -0.2) is 5.01 Å². The van der Waals surface area contributed by atoms with Gasteiger partial charge in [0.05, 0.1) is 12.1 Å². The van der Waals surface area contributed by atoms with E-state index in [0.717, 1.165) is 13.1 Å². The van der Waals surface area contributed by atoms with Gasteiger partial charge in [0.1, 0.15) is 0 Å². The van der Waals surface area contributed by atoms with E-state index >= 15 is 0 Å². The second-order valence-corrected chi connectivity index (χ2v) is 4.35. The number of methoxy groups -OCH3 is 1. The Kier molecular flexibility index (Phi) is 4.30. The molecule has 1 aromatic carbocycles. The molecular weight excluding hydrogens is 230 g/mol. The van der Waals surface area contributed by atoms with Crippen LogP contribution in [-0.2, 0) is 4.74 Å². The Morgan fingerprint density at radius 1 is 1.33 bits per heavy atom. The number of hydrogen-bond donors (Lipinski definition) is 2. The molecule has 1 saturated heterocycles. The lowest BCUT2D eigenvalue weighted by atomic mass is 10.1. The van der Waals surface area contributed by atoms with Crippen molar-refractivity contribution < 1.29 is 9.53 Å². The first kappa shape index (κ1) is 13.0. The number of nitrogens with one attached hydrogen (secondary N) is 2. The zero-order valence-corrected chi connectivity index (χ0v) is 10.7. The first-order valence-corrected chi connectivity index (χ1v) is 6.05. The van der Waals surface area contributed by atoms with Crippen LogP contribution in [0.15, 0.2) is 30.3 Å². The van der Waals surface area contributed by atoms with Gasteiger partial charge in [-0.1, -0.05) is 18.2 Å². The summed E-state index contributed by atoms with van der Waals surface area (Å²) in [5, 5.41) is 5.05. The molecule has 0 saturated carbocycles. The standard InChI is InChI=1S/C13H19N3O2/c1-14-16-8-11(12(9-16)18-2)15-13(17)10-6-4-3-5-7-10/h3-7,11-12,14H,8-9H2,1-2H3,(H,15,17).